The minimum atomic E-state index is -0.490. The van der Waals surface area contributed by atoms with Crippen LogP contribution in [0.1, 0.15) is 21.6 Å². The molecule has 1 N–H and O–H groups in total. The van der Waals surface area contributed by atoms with Crippen LogP contribution in [0.25, 0.3) is 0 Å². The van der Waals surface area contributed by atoms with E-state index in [-0.39, 0.29) is 13.2 Å². The van der Waals surface area contributed by atoms with E-state index in [9.17, 15) is 9.59 Å². The molecule has 138 valence electrons. The van der Waals surface area contributed by atoms with E-state index in [0.29, 0.717) is 17.0 Å². The molecule has 0 bridgehead atoms. The summed E-state index contributed by atoms with van der Waals surface area (Å²) in [4.78, 5) is 26.8. The smallest absolute Gasteiger partial charge is 0.344 e. The number of ether oxygens (including phenoxy) is 2. The van der Waals surface area contributed by atoms with Crippen molar-refractivity contribution in [2.24, 2.45) is 0 Å². The van der Waals surface area contributed by atoms with Gasteiger partial charge in [0.25, 0.3) is 0 Å². The van der Waals surface area contributed by atoms with Crippen molar-refractivity contribution >= 4 is 34.4 Å². The summed E-state index contributed by atoms with van der Waals surface area (Å²) < 4.78 is 10.5. The number of carbonyl (C=O) groups is 2. The van der Waals surface area contributed by atoms with E-state index < -0.39 is 5.97 Å². The molecule has 0 aliphatic carbocycles. The van der Waals surface area contributed by atoms with Crippen LogP contribution in [0.3, 0.4) is 0 Å². The average Bonchev–Trinajstić information content (AvgIpc) is 3.14. The molecule has 27 heavy (non-hydrogen) atoms. The van der Waals surface area contributed by atoms with Crippen molar-refractivity contribution in [2.45, 2.75) is 13.5 Å². The van der Waals surface area contributed by atoms with Crippen molar-refractivity contribution in [1.82, 2.24) is 4.98 Å². The van der Waals surface area contributed by atoms with Crippen LogP contribution in [0, 0.1) is 6.92 Å². The van der Waals surface area contributed by atoms with Gasteiger partial charge in [-0.25, -0.2) is 9.78 Å². The van der Waals surface area contributed by atoms with Crippen LogP contribution in [0.4, 0.5) is 10.8 Å². The fraction of sp³-hybridized carbons (Fsp3) is 0.150. The van der Waals surface area contributed by atoms with Crippen LogP contribution in [0.15, 0.2) is 53.9 Å². The van der Waals surface area contributed by atoms with Crippen LogP contribution < -0.4 is 10.1 Å². The maximum Gasteiger partial charge on any atom is 0.344 e. The Hall–Kier alpha value is -3.19. The maximum absolute atomic E-state index is 11.8. The Kier molecular flexibility index (Phi) is 6.17. The van der Waals surface area contributed by atoms with Gasteiger partial charge in [-0.3, -0.25) is 4.79 Å². The summed E-state index contributed by atoms with van der Waals surface area (Å²) in [7, 11) is 0. The normalized spacial score (nSPS) is 10.3. The summed E-state index contributed by atoms with van der Waals surface area (Å²) in [6.45, 7) is 1.90. The molecule has 0 fully saturated rings. The lowest BCUT2D eigenvalue weighted by molar-refractivity contribution is -0.147. The number of hydrogen-bond acceptors (Lipinski definition) is 7. The number of anilines is 2. The molecule has 0 atom stereocenters. The molecule has 0 unspecified atom stereocenters. The summed E-state index contributed by atoms with van der Waals surface area (Å²) in [6, 6.07) is 14.5. The van der Waals surface area contributed by atoms with Gasteiger partial charge in [-0.15, -0.1) is 11.3 Å². The third kappa shape index (κ3) is 5.65. The summed E-state index contributed by atoms with van der Waals surface area (Å²) >= 11 is 1.44. The largest absolute Gasteiger partial charge is 0.482 e. The van der Waals surface area contributed by atoms with Gasteiger partial charge in [-0.1, -0.05) is 17.7 Å². The van der Waals surface area contributed by atoms with E-state index in [1.807, 2.05) is 36.6 Å². The molecule has 1 heterocycles. The molecule has 0 radical (unpaired) electrons. The molecular formula is C20H18N2O4S. The molecule has 3 aromatic rings. The second kappa shape index (κ2) is 8.95. The summed E-state index contributed by atoms with van der Waals surface area (Å²) in [5, 5.41) is 5.78. The predicted molar refractivity (Wildman–Crippen MR) is 104 cm³/mol. The summed E-state index contributed by atoms with van der Waals surface area (Å²) in [5.74, 6) is 0.00583. The fourth-order valence-electron chi connectivity index (χ4n) is 2.17. The van der Waals surface area contributed by atoms with Crippen molar-refractivity contribution < 1.29 is 19.1 Å². The Balaban J connectivity index is 1.44. The van der Waals surface area contributed by atoms with Crippen molar-refractivity contribution in [2.75, 3.05) is 11.9 Å². The highest BCUT2D eigenvalue weighted by molar-refractivity contribution is 7.13. The minimum Gasteiger partial charge on any atom is -0.482 e. The van der Waals surface area contributed by atoms with Crippen molar-refractivity contribution in [3.8, 4) is 5.75 Å². The van der Waals surface area contributed by atoms with Gasteiger partial charge in [0.1, 0.15) is 18.6 Å². The van der Waals surface area contributed by atoms with Crippen molar-refractivity contribution in [3.63, 3.8) is 0 Å². The van der Waals surface area contributed by atoms with Gasteiger partial charge in [-0.05, 0) is 43.3 Å². The molecular weight excluding hydrogens is 364 g/mol. The van der Waals surface area contributed by atoms with Gasteiger partial charge in [0, 0.05) is 16.6 Å². The SMILES string of the molecule is Cc1ccc(Nc2nc(COC(=O)COc3ccc(C=O)cc3)cs2)cc1. The number of thiazole rings is 1. The van der Waals surface area contributed by atoms with Gasteiger partial charge >= 0.3 is 5.97 Å². The quantitative estimate of drug-likeness (QED) is 0.466. The predicted octanol–water partition coefficient (Wildman–Crippen LogP) is 4.13. The second-order valence-electron chi connectivity index (χ2n) is 5.77. The zero-order valence-electron chi connectivity index (χ0n) is 14.7. The number of nitrogens with one attached hydrogen (secondary N) is 1. The first kappa shape index (κ1) is 18.6. The number of esters is 1. The zero-order valence-corrected chi connectivity index (χ0v) is 15.5. The topological polar surface area (TPSA) is 77.5 Å². The number of aldehydes is 1. The summed E-state index contributed by atoms with van der Waals surface area (Å²) in [6.07, 6.45) is 0.744. The monoisotopic (exact) mass is 382 g/mol. The lowest BCUT2D eigenvalue weighted by Gasteiger charge is -2.06. The molecule has 0 saturated heterocycles. The first-order chi connectivity index (χ1) is 13.1. The van der Waals surface area contributed by atoms with Gasteiger partial charge in [0.05, 0.1) is 5.69 Å². The molecule has 0 spiro atoms. The first-order valence-electron chi connectivity index (χ1n) is 8.24. The number of aryl methyl sites for hydroxylation is 1. The lowest BCUT2D eigenvalue weighted by Crippen LogP contribution is -2.14. The maximum atomic E-state index is 11.8. The van der Waals surface area contributed by atoms with E-state index in [2.05, 4.69) is 10.3 Å². The Morgan fingerprint density at radius 1 is 1.15 bits per heavy atom. The van der Waals surface area contributed by atoms with E-state index in [4.69, 9.17) is 9.47 Å². The van der Waals surface area contributed by atoms with E-state index >= 15 is 0 Å². The van der Waals surface area contributed by atoms with Gasteiger partial charge in [0.15, 0.2) is 11.7 Å². The molecule has 0 saturated carbocycles. The Bertz CT molecular complexity index is 904. The highest BCUT2D eigenvalue weighted by Gasteiger charge is 2.08. The van der Waals surface area contributed by atoms with Crippen LogP contribution in [0.5, 0.6) is 5.75 Å². The Morgan fingerprint density at radius 3 is 2.59 bits per heavy atom. The number of nitrogens with zero attached hydrogens (tertiary/aromatic N) is 1. The van der Waals surface area contributed by atoms with Crippen molar-refractivity contribution in [1.29, 1.82) is 0 Å². The molecule has 7 heteroatoms. The lowest BCUT2D eigenvalue weighted by atomic mass is 10.2. The number of hydrogen-bond donors (Lipinski definition) is 1. The third-order valence-electron chi connectivity index (χ3n) is 3.61. The Morgan fingerprint density at radius 2 is 1.89 bits per heavy atom. The van der Waals surface area contributed by atoms with Gasteiger partial charge in [-0.2, -0.15) is 0 Å². The van der Waals surface area contributed by atoms with Crippen LogP contribution >= 0.6 is 11.3 Å². The van der Waals surface area contributed by atoms with Crippen LogP contribution in [-0.4, -0.2) is 23.8 Å². The van der Waals surface area contributed by atoms with Gasteiger partial charge in [0.2, 0.25) is 0 Å². The minimum absolute atomic E-state index is 0.0817. The van der Waals surface area contributed by atoms with Crippen LogP contribution in [-0.2, 0) is 16.1 Å². The fourth-order valence-corrected chi connectivity index (χ4v) is 2.89. The number of benzene rings is 2. The van der Waals surface area contributed by atoms with E-state index in [1.54, 1.807) is 24.3 Å². The van der Waals surface area contributed by atoms with Crippen molar-refractivity contribution in [3.05, 3.63) is 70.7 Å². The molecule has 6 nitrogen and oxygen atoms in total. The number of carbonyl (C=O) groups excluding carboxylic acids is 2. The second-order valence-corrected chi connectivity index (χ2v) is 6.63. The highest BCUT2D eigenvalue weighted by Crippen LogP contribution is 2.21. The molecule has 0 amide bonds. The van der Waals surface area contributed by atoms with Gasteiger partial charge < -0.3 is 14.8 Å². The molecule has 1 aromatic heterocycles. The third-order valence-corrected chi connectivity index (χ3v) is 4.42. The number of aromatic nitrogens is 1. The average molecular weight is 382 g/mol. The number of rotatable bonds is 8. The first-order valence-corrected chi connectivity index (χ1v) is 9.12. The van der Waals surface area contributed by atoms with Crippen LogP contribution in [0.2, 0.25) is 0 Å². The highest BCUT2D eigenvalue weighted by atomic mass is 32.1. The zero-order chi connectivity index (χ0) is 19.1. The molecule has 2 aromatic carbocycles. The van der Waals surface area contributed by atoms with E-state index in [1.165, 1.54) is 16.9 Å². The molecule has 3 rings (SSSR count). The standard InChI is InChI=1S/C20H18N2O4S/c1-14-2-6-16(7-3-14)21-20-22-17(13-27-20)11-26-19(24)12-25-18-8-4-15(10-23)5-9-18/h2-10,13H,11-12H2,1H3,(H,21,22). The van der Waals surface area contributed by atoms with E-state index in [0.717, 1.165) is 17.1 Å². The molecule has 0 aliphatic heterocycles. The Labute approximate surface area is 160 Å². The molecule has 0 aliphatic rings. The summed E-state index contributed by atoms with van der Waals surface area (Å²) in [5.41, 5.74) is 3.35.